The number of aryl methyl sites for hydroxylation is 2. The zero-order valence-corrected chi connectivity index (χ0v) is 13.2. The molecule has 1 aromatic carbocycles. The first-order chi connectivity index (χ1) is 11.3. The number of tetrazole rings is 1. The summed E-state index contributed by atoms with van der Waals surface area (Å²) in [5.74, 6) is 1.37. The van der Waals surface area contributed by atoms with Gasteiger partial charge in [-0.15, -0.1) is 5.10 Å². The first-order valence-corrected chi connectivity index (χ1v) is 7.65. The minimum absolute atomic E-state index is 0.527. The quantitative estimate of drug-likeness (QED) is 0.715. The Morgan fingerprint density at radius 2 is 2.22 bits per heavy atom. The molecule has 0 spiro atoms. The summed E-state index contributed by atoms with van der Waals surface area (Å²) in [4.78, 5) is 4.37. The minimum Gasteiger partial charge on any atom is -0.378 e. The van der Waals surface area contributed by atoms with Crippen molar-refractivity contribution in [3.63, 3.8) is 0 Å². The molecule has 0 fully saturated rings. The van der Waals surface area contributed by atoms with Crippen LogP contribution in [0.2, 0.25) is 0 Å². The third-order valence-electron chi connectivity index (χ3n) is 3.50. The number of hydrogen-bond acceptors (Lipinski definition) is 7. The number of anilines is 1. The van der Waals surface area contributed by atoms with Gasteiger partial charge in [0, 0.05) is 12.1 Å². The highest BCUT2D eigenvalue weighted by Crippen LogP contribution is 2.18. The zero-order valence-electron chi connectivity index (χ0n) is 13.2. The fraction of sp³-hybridized carbons (Fsp3) is 0.400. The number of unbranched alkanes of at least 4 members (excludes halogenated alkanes) is 1. The van der Waals surface area contributed by atoms with E-state index < -0.39 is 0 Å². The van der Waals surface area contributed by atoms with Crippen LogP contribution in [0, 0.1) is 6.92 Å². The Balaban J connectivity index is 1.62. The molecule has 2 heterocycles. The van der Waals surface area contributed by atoms with Gasteiger partial charge in [0.05, 0.1) is 12.2 Å². The highest BCUT2D eigenvalue weighted by molar-refractivity contribution is 5.53. The second-order valence-electron chi connectivity index (χ2n) is 5.32. The summed E-state index contributed by atoms with van der Waals surface area (Å²) >= 11 is 0. The van der Waals surface area contributed by atoms with Crippen LogP contribution in [0.3, 0.4) is 0 Å². The van der Waals surface area contributed by atoms with Crippen LogP contribution in [0.15, 0.2) is 29.0 Å². The summed E-state index contributed by atoms with van der Waals surface area (Å²) in [7, 11) is 0. The number of aromatic nitrogens is 6. The predicted octanol–water partition coefficient (Wildman–Crippen LogP) is 2.31. The van der Waals surface area contributed by atoms with Gasteiger partial charge < -0.3 is 9.84 Å². The van der Waals surface area contributed by atoms with Gasteiger partial charge in [0.1, 0.15) is 6.33 Å². The number of benzene rings is 1. The molecular weight excluding hydrogens is 294 g/mol. The standard InChI is InChI=1S/C15H19N7O/c1-3-4-5-15-18-14(19-23-15)9-16-12-6-7-13(11(2)8-12)22-10-17-20-21-22/h6-8,10,16H,3-5,9H2,1-2H3. The molecule has 1 N–H and O–H groups in total. The molecule has 3 rings (SSSR count). The van der Waals surface area contributed by atoms with Gasteiger partial charge in [0.15, 0.2) is 5.82 Å². The first-order valence-electron chi connectivity index (χ1n) is 7.65. The molecule has 3 aromatic rings. The van der Waals surface area contributed by atoms with Crippen molar-refractivity contribution < 1.29 is 4.52 Å². The molecule has 0 aliphatic carbocycles. The molecule has 0 bridgehead atoms. The van der Waals surface area contributed by atoms with E-state index in [0.717, 1.165) is 36.2 Å². The number of rotatable bonds is 7. The van der Waals surface area contributed by atoms with E-state index in [0.29, 0.717) is 18.3 Å². The molecule has 8 nitrogen and oxygen atoms in total. The van der Waals surface area contributed by atoms with E-state index >= 15 is 0 Å². The van der Waals surface area contributed by atoms with Gasteiger partial charge in [0.2, 0.25) is 5.89 Å². The lowest BCUT2D eigenvalue weighted by Gasteiger charge is -2.08. The Hall–Kier alpha value is -2.77. The van der Waals surface area contributed by atoms with Crippen LogP contribution in [0.25, 0.3) is 5.69 Å². The van der Waals surface area contributed by atoms with Crippen molar-refractivity contribution in [1.82, 2.24) is 30.3 Å². The Bertz CT molecular complexity index is 751. The van der Waals surface area contributed by atoms with E-state index in [1.165, 1.54) is 0 Å². The molecule has 8 heteroatoms. The topological polar surface area (TPSA) is 94.6 Å². The van der Waals surface area contributed by atoms with Gasteiger partial charge in [-0.3, -0.25) is 0 Å². The molecule has 120 valence electrons. The summed E-state index contributed by atoms with van der Waals surface area (Å²) in [5, 5.41) is 18.5. The summed E-state index contributed by atoms with van der Waals surface area (Å²) in [6.45, 7) is 4.68. The van der Waals surface area contributed by atoms with Gasteiger partial charge in [-0.2, -0.15) is 4.98 Å². The largest absolute Gasteiger partial charge is 0.378 e. The highest BCUT2D eigenvalue weighted by Gasteiger charge is 2.07. The Morgan fingerprint density at radius 1 is 1.30 bits per heavy atom. The monoisotopic (exact) mass is 313 g/mol. The minimum atomic E-state index is 0.527. The van der Waals surface area contributed by atoms with Gasteiger partial charge in [-0.25, -0.2) is 4.68 Å². The van der Waals surface area contributed by atoms with E-state index in [1.54, 1.807) is 11.0 Å². The number of hydrogen-bond donors (Lipinski definition) is 1. The normalized spacial score (nSPS) is 10.9. The highest BCUT2D eigenvalue weighted by atomic mass is 16.5. The molecule has 0 aliphatic heterocycles. The van der Waals surface area contributed by atoms with Gasteiger partial charge >= 0.3 is 0 Å². The SMILES string of the molecule is CCCCc1nc(CNc2ccc(-n3cnnn3)c(C)c2)no1. The number of nitrogens with one attached hydrogen (secondary N) is 1. The predicted molar refractivity (Wildman–Crippen MR) is 84.1 cm³/mol. The summed E-state index contributed by atoms with van der Waals surface area (Å²) in [5.41, 5.74) is 3.00. The van der Waals surface area contributed by atoms with Gasteiger partial charge in [-0.1, -0.05) is 18.5 Å². The summed E-state index contributed by atoms with van der Waals surface area (Å²) in [6, 6.07) is 5.98. The smallest absolute Gasteiger partial charge is 0.226 e. The molecule has 0 saturated heterocycles. The maximum atomic E-state index is 5.22. The van der Waals surface area contributed by atoms with Crippen LogP contribution < -0.4 is 5.32 Å². The molecule has 0 saturated carbocycles. The first kappa shape index (κ1) is 15.1. The maximum absolute atomic E-state index is 5.22. The number of nitrogens with zero attached hydrogens (tertiary/aromatic N) is 6. The van der Waals surface area contributed by atoms with Crippen LogP contribution in [-0.2, 0) is 13.0 Å². The van der Waals surface area contributed by atoms with Crippen molar-refractivity contribution in [3.8, 4) is 5.69 Å². The van der Waals surface area contributed by atoms with E-state index in [1.807, 2.05) is 25.1 Å². The lowest BCUT2D eigenvalue weighted by molar-refractivity contribution is 0.370. The van der Waals surface area contributed by atoms with Gasteiger partial charge in [-0.05, 0) is 47.5 Å². The lowest BCUT2D eigenvalue weighted by atomic mass is 10.2. The van der Waals surface area contributed by atoms with Crippen LogP contribution in [0.5, 0.6) is 0 Å². The van der Waals surface area contributed by atoms with Crippen molar-refractivity contribution in [1.29, 1.82) is 0 Å². The second-order valence-corrected chi connectivity index (χ2v) is 5.32. The van der Waals surface area contributed by atoms with Crippen molar-refractivity contribution in [3.05, 3.63) is 41.8 Å². The molecular formula is C15H19N7O. The van der Waals surface area contributed by atoms with Crippen molar-refractivity contribution in [2.24, 2.45) is 0 Å². The lowest BCUT2D eigenvalue weighted by Crippen LogP contribution is -2.03. The zero-order chi connectivity index (χ0) is 16.1. The Kier molecular flexibility index (Phi) is 4.60. The average Bonchev–Trinajstić information content (AvgIpc) is 3.23. The molecule has 0 aliphatic rings. The fourth-order valence-corrected chi connectivity index (χ4v) is 2.27. The van der Waals surface area contributed by atoms with E-state index in [-0.39, 0.29) is 0 Å². The second kappa shape index (κ2) is 6.99. The summed E-state index contributed by atoms with van der Waals surface area (Å²) in [6.07, 6.45) is 4.59. The third-order valence-corrected chi connectivity index (χ3v) is 3.50. The van der Waals surface area contributed by atoms with Crippen molar-refractivity contribution >= 4 is 5.69 Å². The molecule has 2 aromatic heterocycles. The molecule has 0 atom stereocenters. The third kappa shape index (κ3) is 3.71. The fourth-order valence-electron chi connectivity index (χ4n) is 2.27. The molecule has 0 amide bonds. The van der Waals surface area contributed by atoms with E-state index in [9.17, 15) is 0 Å². The van der Waals surface area contributed by atoms with E-state index in [4.69, 9.17) is 4.52 Å². The Labute approximate surface area is 133 Å². The van der Waals surface area contributed by atoms with Crippen LogP contribution in [-0.4, -0.2) is 30.3 Å². The van der Waals surface area contributed by atoms with E-state index in [2.05, 4.69) is 37.9 Å². The maximum Gasteiger partial charge on any atom is 0.226 e. The molecule has 0 unspecified atom stereocenters. The van der Waals surface area contributed by atoms with Crippen LogP contribution >= 0.6 is 0 Å². The van der Waals surface area contributed by atoms with Gasteiger partial charge in [0.25, 0.3) is 0 Å². The summed E-state index contributed by atoms with van der Waals surface area (Å²) < 4.78 is 6.86. The molecule has 0 radical (unpaired) electrons. The van der Waals surface area contributed by atoms with Crippen LogP contribution in [0.1, 0.15) is 37.0 Å². The molecule has 23 heavy (non-hydrogen) atoms. The Morgan fingerprint density at radius 3 is 2.96 bits per heavy atom. The van der Waals surface area contributed by atoms with Crippen molar-refractivity contribution in [2.75, 3.05) is 5.32 Å². The van der Waals surface area contributed by atoms with Crippen LogP contribution in [0.4, 0.5) is 5.69 Å². The average molecular weight is 313 g/mol. The van der Waals surface area contributed by atoms with Crippen molar-refractivity contribution in [2.45, 2.75) is 39.7 Å².